The molecule has 0 spiro atoms. The molecule has 0 aromatic carbocycles. The third-order valence-corrected chi connectivity index (χ3v) is 7.55. The highest BCUT2D eigenvalue weighted by Gasteiger charge is 2.61. The number of carbonyl (C=O) groups is 1. The number of unbranched alkanes of at least 4 members (excludes halogenated alkanes) is 2. The average molecular weight is 328 g/mol. The third kappa shape index (κ3) is 3.08. The Bertz CT molecular complexity index is 540. The quantitative estimate of drug-likeness (QED) is 0.476. The van der Waals surface area contributed by atoms with E-state index in [2.05, 4.69) is 16.6 Å². The molecular formula is C16H28N2O3S. The van der Waals surface area contributed by atoms with Crippen LogP contribution in [0, 0.1) is 5.92 Å². The molecule has 6 heteroatoms. The number of nitrogens with one attached hydrogen (secondary N) is 2. The standard InChI is InChI=1S/C16H28N2O3S/c1-4-6-7-8-9-15(10-11-15)22(20,21)18-14(19)16(17-3)12-13(16)5-2/h4,13,17H,1,5-12H2,2-3H3,(H,18,19)/t13-,16-/m1/s1. The van der Waals surface area contributed by atoms with E-state index in [4.69, 9.17) is 0 Å². The summed E-state index contributed by atoms with van der Waals surface area (Å²) in [6.45, 7) is 5.70. The Kier molecular flexibility index (Phi) is 5.02. The van der Waals surface area contributed by atoms with Crippen molar-refractivity contribution in [2.75, 3.05) is 7.05 Å². The van der Waals surface area contributed by atoms with Crippen LogP contribution in [0.1, 0.15) is 58.3 Å². The number of rotatable bonds is 10. The number of hydrogen-bond donors (Lipinski definition) is 2. The molecule has 0 aliphatic heterocycles. The van der Waals surface area contributed by atoms with Crippen LogP contribution in [-0.2, 0) is 14.8 Å². The lowest BCUT2D eigenvalue weighted by Crippen LogP contribution is -2.51. The molecular weight excluding hydrogens is 300 g/mol. The predicted molar refractivity (Wildman–Crippen MR) is 87.9 cm³/mol. The first-order valence-electron chi connectivity index (χ1n) is 8.24. The van der Waals surface area contributed by atoms with Gasteiger partial charge in [0, 0.05) is 0 Å². The minimum atomic E-state index is -3.59. The van der Waals surface area contributed by atoms with Gasteiger partial charge in [-0.25, -0.2) is 8.42 Å². The maximum atomic E-state index is 12.6. The van der Waals surface area contributed by atoms with E-state index in [0.29, 0.717) is 25.7 Å². The van der Waals surface area contributed by atoms with Crippen LogP contribution in [-0.4, -0.2) is 31.7 Å². The summed E-state index contributed by atoms with van der Waals surface area (Å²) in [5.74, 6) is -0.144. The highest BCUT2D eigenvalue weighted by molar-refractivity contribution is 7.91. The first-order valence-corrected chi connectivity index (χ1v) is 9.72. The Labute approximate surface area is 134 Å². The highest BCUT2D eigenvalue weighted by Crippen LogP contribution is 2.49. The van der Waals surface area contributed by atoms with E-state index in [9.17, 15) is 13.2 Å². The fourth-order valence-corrected chi connectivity index (χ4v) is 5.07. The third-order valence-electron chi connectivity index (χ3n) is 5.34. The van der Waals surface area contributed by atoms with Crippen LogP contribution in [0.5, 0.6) is 0 Å². The van der Waals surface area contributed by atoms with Crippen molar-refractivity contribution in [1.29, 1.82) is 0 Å². The summed E-state index contributed by atoms with van der Waals surface area (Å²) in [6.07, 6.45) is 8.11. The molecule has 22 heavy (non-hydrogen) atoms. The first-order chi connectivity index (χ1) is 10.4. The molecule has 0 aromatic heterocycles. The molecule has 1 amide bonds. The molecule has 126 valence electrons. The molecule has 0 saturated heterocycles. The summed E-state index contributed by atoms with van der Waals surface area (Å²) >= 11 is 0. The Morgan fingerprint density at radius 1 is 1.36 bits per heavy atom. The Morgan fingerprint density at radius 3 is 2.50 bits per heavy atom. The van der Waals surface area contributed by atoms with Crippen LogP contribution < -0.4 is 10.0 Å². The van der Waals surface area contributed by atoms with Gasteiger partial charge in [0.1, 0.15) is 5.54 Å². The van der Waals surface area contributed by atoms with Gasteiger partial charge in [0.15, 0.2) is 0 Å². The van der Waals surface area contributed by atoms with E-state index in [0.717, 1.165) is 25.7 Å². The highest BCUT2D eigenvalue weighted by atomic mass is 32.2. The van der Waals surface area contributed by atoms with Crippen molar-refractivity contribution in [3.05, 3.63) is 12.7 Å². The zero-order valence-electron chi connectivity index (χ0n) is 13.7. The van der Waals surface area contributed by atoms with Crippen LogP contribution >= 0.6 is 0 Å². The fourth-order valence-electron chi connectivity index (χ4n) is 3.37. The van der Waals surface area contributed by atoms with Gasteiger partial charge in [-0.3, -0.25) is 9.52 Å². The maximum Gasteiger partial charge on any atom is 0.254 e. The largest absolute Gasteiger partial charge is 0.306 e. The van der Waals surface area contributed by atoms with Gasteiger partial charge in [0.05, 0.1) is 4.75 Å². The number of hydrogen-bond acceptors (Lipinski definition) is 4. The summed E-state index contributed by atoms with van der Waals surface area (Å²) in [7, 11) is -1.86. The van der Waals surface area contributed by atoms with Crippen molar-refractivity contribution in [3.63, 3.8) is 0 Å². The molecule has 2 saturated carbocycles. The minimum absolute atomic E-state index is 0.232. The zero-order valence-corrected chi connectivity index (χ0v) is 14.5. The van der Waals surface area contributed by atoms with Crippen molar-refractivity contribution in [3.8, 4) is 0 Å². The van der Waals surface area contributed by atoms with E-state index in [1.165, 1.54) is 0 Å². The number of amides is 1. The summed E-state index contributed by atoms with van der Waals surface area (Å²) in [5, 5.41) is 3.02. The molecule has 2 fully saturated rings. The summed E-state index contributed by atoms with van der Waals surface area (Å²) in [6, 6.07) is 0. The van der Waals surface area contributed by atoms with Crippen LogP contribution in [0.15, 0.2) is 12.7 Å². The first kappa shape index (κ1) is 17.5. The molecule has 5 nitrogen and oxygen atoms in total. The molecule has 2 N–H and O–H groups in total. The zero-order chi connectivity index (χ0) is 16.4. The Morgan fingerprint density at radius 2 is 2.05 bits per heavy atom. The lowest BCUT2D eigenvalue weighted by atomic mass is 10.1. The summed E-state index contributed by atoms with van der Waals surface area (Å²) < 4.78 is 26.8. The van der Waals surface area contributed by atoms with Crippen molar-refractivity contribution in [2.45, 2.75) is 68.6 Å². The van der Waals surface area contributed by atoms with Gasteiger partial charge in [-0.15, -0.1) is 6.58 Å². The molecule has 0 bridgehead atoms. The van der Waals surface area contributed by atoms with Crippen LogP contribution in [0.3, 0.4) is 0 Å². The van der Waals surface area contributed by atoms with Crippen LogP contribution in [0.25, 0.3) is 0 Å². The van der Waals surface area contributed by atoms with Gasteiger partial charge in [-0.05, 0) is 51.5 Å². The van der Waals surface area contributed by atoms with E-state index < -0.39 is 20.3 Å². The fraction of sp³-hybridized carbons (Fsp3) is 0.812. The van der Waals surface area contributed by atoms with Gasteiger partial charge in [-0.2, -0.15) is 0 Å². The number of likely N-dealkylation sites (N-methyl/N-ethyl adjacent to an activating group) is 1. The smallest absolute Gasteiger partial charge is 0.254 e. The minimum Gasteiger partial charge on any atom is -0.306 e. The summed E-state index contributed by atoms with van der Waals surface area (Å²) in [4.78, 5) is 12.4. The molecule has 0 aromatic rings. The monoisotopic (exact) mass is 328 g/mol. The van der Waals surface area contributed by atoms with Crippen molar-refractivity contribution in [2.24, 2.45) is 5.92 Å². The van der Waals surface area contributed by atoms with Gasteiger partial charge in [0.2, 0.25) is 10.0 Å². The second kappa shape index (κ2) is 6.32. The van der Waals surface area contributed by atoms with Crippen molar-refractivity contribution in [1.82, 2.24) is 10.0 Å². The lowest BCUT2D eigenvalue weighted by Gasteiger charge is -2.21. The molecule has 0 radical (unpaired) electrons. The molecule has 2 atom stereocenters. The second-order valence-corrected chi connectivity index (χ2v) is 8.76. The predicted octanol–water partition coefficient (Wildman–Crippen LogP) is 2.10. The molecule has 0 unspecified atom stereocenters. The molecule has 2 aliphatic rings. The SMILES string of the molecule is C=CCCCCC1(S(=O)(=O)NC(=O)[C@@]2(NC)C[C@H]2CC)CC1. The van der Waals surface area contributed by atoms with Gasteiger partial charge in [0.25, 0.3) is 5.91 Å². The number of carbonyl (C=O) groups excluding carboxylic acids is 1. The van der Waals surface area contributed by atoms with Crippen LogP contribution in [0.2, 0.25) is 0 Å². The normalized spacial score (nSPS) is 28.9. The average Bonchev–Trinajstić information content (AvgIpc) is 3.36. The van der Waals surface area contributed by atoms with E-state index in [-0.39, 0.29) is 11.8 Å². The van der Waals surface area contributed by atoms with Crippen LogP contribution in [0.4, 0.5) is 0 Å². The Balaban J connectivity index is 1.96. The molecule has 0 heterocycles. The van der Waals surface area contributed by atoms with Crippen molar-refractivity contribution < 1.29 is 13.2 Å². The van der Waals surface area contributed by atoms with Gasteiger partial charge < -0.3 is 5.32 Å². The van der Waals surface area contributed by atoms with Gasteiger partial charge >= 0.3 is 0 Å². The Hall–Kier alpha value is -0.880. The summed E-state index contributed by atoms with van der Waals surface area (Å²) in [5.41, 5.74) is -0.680. The lowest BCUT2D eigenvalue weighted by molar-refractivity contribution is -0.122. The van der Waals surface area contributed by atoms with E-state index in [1.807, 2.05) is 13.0 Å². The maximum absolute atomic E-state index is 12.6. The van der Waals surface area contributed by atoms with E-state index in [1.54, 1.807) is 7.05 Å². The number of allylic oxidation sites excluding steroid dienone is 1. The molecule has 2 aliphatic carbocycles. The van der Waals surface area contributed by atoms with Gasteiger partial charge in [-0.1, -0.05) is 25.8 Å². The second-order valence-electron chi connectivity index (χ2n) is 6.68. The molecule has 2 rings (SSSR count). The topological polar surface area (TPSA) is 75.3 Å². The number of sulfonamides is 1. The van der Waals surface area contributed by atoms with E-state index >= 15 is 0 Å². The van der Waals surface area contributed by atoms with Crippen molar-refractivity contribution >= 4 is 15.9 Å².